The van der Waals surface area contributed by atoms with Crippen molar-refractivity contribution in [2.75, 3.05) is 6.54 Å². The summed E-state index contributed by atoms with van der Waals surface area (Å²) in [6.45, 7) is 0.593. The molecule has 28 heavy (non-hydrogen) atoms. The van der Waals surface area contributed by atoms with Crippen molar-refractivity contribution in [3.8, 4) is 0 Å². The van der Waals surface area contributed by atoms with Gasteiger partial charge >= 0.3 is 6.03 Å². The fraction of sp³-hybridized carbons (Fsp3) is 0.273. The van der Waals surface area contributed by atoms with Crippen LogP contribution in [0.15, 0.2) is 67.0 Å². The molecule has 3 aromatic rings. The van der Waals surface area contributed by atoms with Gasteiger partial charge in [-0.1, -0.05) is 42.5 Å². The molecule has 0 aliphatic carbocycles. The lowest BCUT2D eigenvalue weighted by Crippen LogP contribution is -2.39. The normalized spacial score (nSPS) is 11.8. The van der Waals surface area contributed by atoms with Gasteiger partial charge in [0, 0.05) is 26.0 Å². The summed E-state index contributed by atoms with van der Waals surface area (Å²) in [6.07, 6.45) is 6.39. The Labute approximate surface area is 164 Å². The van der Waals surface area contributed by atoms with Gasteiger partial charge in [0.05, 0.1) is 0 Å². The topological polar surface area (TPSA) is 59.0 Å². The van der Waals surface area contributed by atoms with E-state index in [1.165, 1.54) is 17.7 Å². The van der Waals surface area contributed by atoms with Gasteiger partial charge in [-0.25, -0.2) is 14.2 Å². The van der Waals surface area contributed by atoms with E-state index in [1.54, 1.807) is 18.3 Å². The number of urea groups is 1. The van der Waals surface area contributed by atoms with E-state index in [0.717, 1.165) is 24.8 Å². The number of nitrogens with one attached hydrogen (secondary N) is 2. The van der Waals surface area contributed by atoms with E-state index in [2.05, 4.69) is 27.8 Å². The lowest BCUT2D eigenvalue weighted by Gasteiger charge is -2.19. The van der Waals surface area contributed by atoms with Gasteiger partial charge in [0.2, 0.25) is 0 Å². The first-order valence-corrected chi connectivity index (χ1v) is 9.44. The molecular weight excluding hydrogens is 355 g/mol. The van der Waals surface area contributed by atoms with Crippen molar-refractivity contribution in [2.45, 2.75) is 25.3 Å². The number of rotatable bonds is 8. The predicted molar refractivity (Wildman–Crippen MR) is 107 cm³/mol. The highest BCUT2D eigenvalue weighted by atomic mass is 19.1. The largest absolute Gasteiger partial charge is 0.338 e. The van der Waals surface area contributed by atoms with Crippen LogP contribution in [0.3, 0.4) is 0 Å². The molecule has 0 radical (unpaired) electrons. The number of aromatic nitrogens is 2. The number of halogens is 1. The standard InChI is InChI=1S/C22H25FN4O/c1-27-16-15-24-21(27)20(18-10-12-19(23)13-11-18)26-22(28)25-14-6-5-9-17-7-3-2-4-8-17/h2-4,7-8,10-13,15-16,20H,5-6,9,14H2,1H3,(H2,25,26,28)/t20-/m0/s1. The quantitative estimate of drug-likeness (QED) is 0.581. The summed E-state index contributed by atoms with van der Waals surface area (Å²) in [7, 11) is 1.86. The van der Waals surface area contributed by atoms with Gasteiger partial charge in [0.1, 0.15) is 17.7 Å². The second-order valence-electron chi connectivity index (χ2n) is 6.72. The van der Waals surface area contributed by atoms with Crippen LogP contribution in [-0.2, 0) is 13.5 Å². The van der Waals surface area contributed by atoms with Crippen LogP contribution in [0, 0.1) is 5.82 Å². The van der Waals surface area contributed by atoms with E-state index in [9.17, 15) is 9.18 Å². The number of benzene rings is 2. The van der Waals surface area contributed by atoms with E-state index in [0.29, 0.717) is 12.4 Å². The number of aryl methyl sites for hydroxylation is 2. The Morgan fingerprint density at radius 3 is 2.54 bits per heavy atom. The molecule has 0 bridgehead atoms. The Bertz CT molecular complexity index is 877. The molecule has 6 heteroatoms. The van der Waals surface area contributed by atoms with Crippen LogP contribution >= 0.6 is 0 Å². The zero-order valence-electron chi connectivity index (χ0n) is 15.9. The smallest absolute Gasteiger partial charge is 0.315 e. The maximum Gasteiger partial charge on any atom is 0.315 e. The minimum atomic E-state index is -0.454. The Morgan fingerprint density at radius 1 is 1.11 bits per heavy atom. The highest BCUT2D eigenvalue weighted by Gasteiger charge is 2.20. The molecule has 1 aromatic heterocycles. The molecule has 146 valence electrons. The number of imidazole rings is 1. The lowest BCUT2D eigenvalue weighted by atomic mass is 10.1. The van der Waals surface area contributed by atoms with Gasteiger partial charge < -0.3 is 15.2 Å². The Morgan fingerprint density at radius 2 is 1.86 bits per heavy atom. The first-order valence-electron chi connectivity index (χ1n) is 9.44. The monoisotopic (exact) mass is 380 g/mol. The SMILES string of the molecule is Cn1ccnc1[C@@H](NC(=O)NCCCCc1ccccc1)c1ccc(F)cc1. The second-order valence-corrected chi connectivity index (χ2v) is 6.72. The molecule has 0 fully saturated rings. The maximum absolute atomic E-state index is 13.3. The van der Waals surface area contributed by atoms with Crippen molar-refractivity contribution in [3.63, 3.8) is 0 Å². The van der Waals surface area contributed by atoms with Crippen LogP contribution < -0.4 is 10.6 Å². The summed E-state index contributed by atoms with van der Waals surface area (Å²) < 4.78 is 15.1. The fourth-order valence-electron chi connectivity index (χ4n) is 3.09. The van der Waals surface area contributed by atoms with E-state index in [1.807, 2.05) is 36.0 Å². The molecule has 0 saturated heterocycles. The number of carbonyl (C=O) groups excluding carboxylic acids is 1. The first kappa shape index (κ1) is 19.6. The summed E-state index contributed by atoms with van der Waals surface area (Å²) in [5, 5.41) is 5.85. The highest BCUT2D eigenvalue weighted by molar-refractivity contribution is 5.74. The van der Waals surface area contributed by atoms with Gasteiger partial charge in [-0.2, -0.15) is 0 Å². The van der Waals surface area contributed by atoms with Crippen molar-refractivity contribution >= 4 is 6.03 Å². The van der Waals surface area contributed by atoms with Crippen molar-refractivity contribution in [3.05, 3.63) is 89.8 Å². The second kappa shape index (κ2) is 9.69. The average Bonchev–Trinajstić information content (AvgIpc) is 3.13. The summed E-state index contributed by atoms with van der Waals surface area (Å²) in [4.78, 5) is 16.7. The van der Waals surface area contributed by atoms with Crippen LogP contribution in [-0.4, -0.2) is 22.1 Å². The average molecular weight is 380 g/mol. The molecule has 2 aromatic carbocycles. The third-order valence-corrected chi connectivity index (χ3v) is 4.62. The zero-order chi connectivity index (χ0) is 19.8. The van der Waals surface area contributed by atoms with Crippen molar-refractivity contribution in [1.29, 1.82) is 0 Å². The molecule has 2 N–H and O–H groups in total. The number of unbranched alkanes of at least 4 members (excludes halogenated alkanes) is 1. The minimum Gasteiger partial charge on any atom is -0.338 e. The third kappa shape index (κ3) is 5.42. The summed E-state index contributed by atoms with van der Waals surface area (Å²) in [6, 6.07) is 15.7. The summed E-state index contributed by atoms with van der Waals surface area (Å²) in [5.74, 6) is 0.371. The fourth-order valence-corrected chi connectivity index (χ4v) is 3.09. The molecule has 0 saturated carbocycles. The van der Waals surface area contributed by atoms with Crippen molar-refractivity contribution in [2.24, 2.45) is 7.05 Å². The summed E-state index contributed by atoms with van der Waals surface area (Å²) >= 11 is 0. The Hall–Kier alpha value is -3.15. The number of hydrogen-bond acceptors (Lipinski definition) is 2. The van der Waals surface area contributed by atoms with Crippen LogP contribution in [0.1, 0.15) is 35.8 Å². The van der Waals surface area contributed by atoms with Gasteiger partial charge in [-0.05, 0) is 42.5 Å². The minimum absolute atomic E-state index is 0.267. The molecule has 1 heterocycles. The Balaban J connectivity index is 1.53. The van der Waals surface area contributed by atoms with Crippen LogP contribution in [0.2, 0.25) is 0 Å². The predicted octanol–water partition coefficient (Wildman–Crippen LogP) is 3.97. The molecule has 3 rings (SSSR count). The molecule has 1 atom stereocenters. The lowest BCUT2D eigenvalue weighted by molar-refractivity contribution is 0.238. The zero-order valence-corrected chi connectivity index (χ0v) is 15.9. The summed E-state index contributed by atoms with van der Waals surface area (Å²) in [5.41, 5.74) is 2.08. The van der Waals surface area contributed by atoms with Crippen LogP contribution in [0.5, 0.6) is 0 Å². The molecule has 0 unspecified atom stereocenters. The maximum atomic E-state index is 13.3. The molecular formula is C22H25FN4O. The van der Waals surface area contributed by atoms with Crippen LogP contribution in [0.25, 0.3) is 0 Å². The van der Waals surface area contributed by atoms with Crippen LogP contribution in [0.4, 0.5) is 9.18 Å². The van der Waals surface area contributed by atoms with E-state index in [-0.39, 0.29) is 11.8 Å². The molecule has 0 aliphatic heterocycles. The first-order chi connectivity index (χ1) is 13.6. The highest BCUT2D eigenvalue weighted by Crippen LogP contribution is 2.20. The number of nitrogens with zero attached hydrogens (tertiary/aromatic N) is 2. The van der Waals surface area contributed by atoms with E-state index in [4.69, 9.17) is 0 Å². The number of hydrogen-bond donors (Lipinski definition) is 2. The molecule has 0 spiro atoms. The number of carbonyl (C=O) groups is 1. The van der Waals surface area contributed by atoms with Crippen molar-refractivity contribution < 1.29 is 9.18 Å². The van der Waals surface area contributed by atoms with Gasteiger partial charge in [0.15, 0.2) is 0 Å². The van der Waals surface area contributed by atoms with E-state index < -0.39 is 6.04 Å². The number of amides is 2. The van der Waals surface area contributed by atoms with Gasteiger partial charge in [-0.15, -0.1) is 0 Å². The van der Waals surface area contributed by atoms with Crippen molar-refractivity contribution in [1.82, 2.24) is 20.2 Å². The molecule has 2 amide bonds. The van der Waals surface area contributed by atoms with Gasteiger partial charge in [0.25, 0.3) is 0 Å². The van der Waals surface area contributed by atoms with Gasteiger partial charge in [-0.3, -0.25) is 0 Å². The van der Waals surface area contributed by atoms with E-state index >= 15 is 0 Å². The molecule has 5 nitrogen and oxygen atoms in total. The third-order valence-electron chi connectivity index (χ3n) is 4.62. The Kier molecular flexibility index (Phi) is 6.78. The molecule has 0 aliphatic rings.